The van der Waals surface area contributed by atoms with Gasteiger partial charge in [-0.1, -0.05) is 26.0 Å². The van der Waals surface area contributed by atoms with Crippen LogP contribution >= 0.6 is 0 Å². The van der Waals surface area contributed by atoms with Crippen molar-refractivity contribution in [2.45, 2.75) is 33.1 Å². The first-order valence-electron chi connectivity index (χ1n) is 8.58. The summed E-state index contributed by atoms with van der Waals surface area (Å²) in [6, 6.07) is 7.30. The average Bonchev–Trinajstić information content (AvgIpc) is 2.61. The van der Waals surface area contributed by atoms with Crippen LogP contribution in [0.5, 0.6) is 11.5 Å². The molecule has 0 spiro atoms. The number of aromatic carboxylic acids is 2. The fourth-order valence-corrected chi connectivity index (χ4v) is 2.88. The molecule has 1 aromatic carbocycles. The fourth-order valence-electron chi connectivity index (χ4n) is 2.88. The van der Waals surface area contributed by atoms with E-state index in [1.165, 1.54) is 0 Å². The quantitative estimate of drug-likeness (QED) is 0.650. The lowest BCUT2D eigenvalue weighted by atomic mass is 9.96. The number of methoxy groups -OCH3 is 1. The Hall–Kier alpha value is -3.09. The Bertz CT molecular complexity index is 843. The van der Waals surface area contributed by atoms with Crippen molar-refractivity contribution in [1.82, 2.24) is 4.98 Å². The van der Waals surface area contributed by atoms with E-state index in [0.29, 0.717) is 18.6 Å². The summed E-state index contributed by atoms with van der Waals surface area (Å²) in [7, 11) is 1.57. The van der Waals surface area contributed by atoms with Crippen LogP contribution < -0.4 is 4.74 Å². The smallest absolute Gasteiger partial charge is 0.340 e. The molecule has 0 radical (unpaired) electrons. The first-order chi connectivity index (χ1) is 12.7. The Morgan fingerprint density at radius 3 is 2.07 bits per heavy atom. The maximum atomic E-state index is 11.7. The van der Waals surface area contributed by atoms with Crippen LogP contribution in [0.4, 0.5) is 0 Å². The summed E-state index contributed by atoms with van der Waals surface area (Å²) in [5.74, 6) is -2.64. The third-order valence-corrected chi connectivity index (χ3v) is 4.16. The van der Waals surface area contributed by atoms with Crippen LogP contribution in [0.1, 0.15) is 51.5 Å². The molecule has 1 aromatic heterocycles. The number of pyridine rings is 1. The summed E-state index contributed by atoms with van der Waals surface area (Å²) in [4.78, 5) is 27.6. The van der Waals surface area contributed by atoms with Gasteiger partial charge in [-0.05, 0) is 42.9 Å². The molecule has 0 bridgehead atoms. The highest BCUT2D eigenvalue weighted by atomic mass is 16.5. The van der Waals surface area contributed by atoms with E-state index in [-0.39, 0.29) is 23.7 Å². The van der Waals surface area contributed by atoms with Crippen molar-refractivity contribution in [3.63, 3.8) is 0 Å². The molecule has 0 aliphatic carbocycles. The number of hydrogen-bond donors (Lipinski definition) is 3. The van der Waals surface area contributed by atoms with Crippen LogP contribution in [0, 0.1) is 5.92 Å². The molecular formula is C20H23NO6. The average molecular weight is 373 g/mol. The predicted octanol–water partition coefficient (Wildman–Crippen LogP) is 3.18. The lowest BCUT2D eigenvalue weighted by Gasteiger charge is -2.15. The van der Waals surface area contributed by atoms with Crippen molar-refractivity contribution in [3.05, 3.63) is 52.3 Å². The summed E-state index contributed by atoms with van der Waals surface area (Å²) < 4.78 is 5.11. The minimum absolute atomic E-state index is 0.121. The Balaban J connectivity index is 2.46. The molecule has 0 saturated heterocycles. The molecule has 27 heavy (non-hydrogen) atoms. The van der Waals surface area contributed by atoms with Gasteiger partial charge in [-0.2, -0.15) is 0 Å². The number of nitrogens with zero attached hydrogens (tertiary/aromatic N) is 1. The number of aromatic nitrogens is 1. The number of benzene rings is 1. The van der Waals surface area contributed by atoms with Crippen LogP contribution in [0.2, 0.25) is 0 Å². The predicted molar refractivity (Wildman–Crippen MR) is 98.8 cm³/mol. The van der Waals surface area contributed by atoms with E-state index in [1.54, 1.807) is 19.2 Å². The number of aromatic hydroxyl groups is 1. The maximum absolute atomic E-state index is 11.7. The standard InChI is InChI=1S/C20H23NO6/c1-11(2)10-15-18(22)17(20(25)26)16(19(23)24)14(21-15)9-6-12-4-7-13(27-3)8-5-12/h4-5,7-8,11,22H,6,9-10H2,1-3H3,(H,23,24)(H,25,26). The van der Waals surface area contributed by atoms with Gasteiger partial charge in [0.25, 0.3) is 0 Å². The molecule has 7 nitrogen and oxygen atoms in total. The van der Waals surface area contributed by atoms with Gasteiger partial charge in [-0.25, -0.2) is 9.59 Å². The van der Waals surface area contributed by atoms with Gasteiger partial charge >= 0.3 is 11.9 Å². The minimum atomic E-state index is -1.48. The number of carboxylic acids is 2. The van der Waals surface area contributed by atoms with Crippen LogP contribution in [-0.2, 0) is 19.3 Å². The van der Waals surface area contributed by atoms with Gasteiger partial charge in [0.15, 0.2) is 5.75 Å². The Labute approximate surface area is 157 Å². The lowest BCUT2D eigenvalue weighted by Crippen LogP contribution is -2.17. The first-order valence-corrected chi connectivity index (χ1v) is 8.58. The molecule has 0 unspecified atom stereocenters. The summed E-state index contributed by atoms with van der Waals surface area (Å²) in [5.41, 5.74) is 0.240. The van der Waals surface area contributed by atoms with E-state index in [2.05, 4.69) is 4.98 Å². The highest BCUT2D eigenvalue weighted by Crippen LogP contribution is 2.30. The molecule has 0 fully saturated rings. The largest absolute Gasteiger partial charge is 0.505 e. The van der Waals surface area contributed by atoms with E-state index in [1.807, 2.05) is 26.0 Å². The summed E-state index contributed by atoms with van der Waals surface area (Å²) >= 11 is 0. The third-order valence-electron chi connectivity index (χ3n) is 4.16. The number of carbonyl (C=O) groups is 2. The molecule has 2 aromatic rings. The second-order valence-electron chi connectivity index (χ2n) is 6.66. The zero-order chi connectivity index (χ0) is 20.1. The second kappa shape index (κ2) is 8.53. The van der Waals surface area contributed by atoms with Crippen molar-refractivity contribution in [3.8, 4) is 11.5 Å². The van der Waals surface area contributed by atoms with E-state index >= 15 is 0 Å². The van der Waals surface area contributed by atoms with Gasteiger partial charge in [-0.15, -0.1) is 0 Å². The minimum Gasteiger partial charge on any atom is -0.505 e. The molecule has 0 aliphatic rings. The molecule has 1 heterocycles. The van der Waals surface area contributed by atoms with Gasteiger partial charge in [0.2, 0.25) is 0 Å². The van der Waals surface area contributed by atoms with Gasteiger partial charge in [0, 0.05) is 0 Å². The topological polar surface area (TPSA) is 117 Å². The zero-order valence-electron chi connectivity index (χ0n) is 15.5. The third kappa shape index (κ3) is 4.75. The van der Waals surface area contributed by atoms with Crippen molar-refractivity contribution in [2.24, 2.45) is 5.92 Å². The van der Waals surface area contributed by atoms with Gasteiger partial charge in [0.1, 0.15) is 11.3 Å². The summed E-state index contributed by atoms with van der Waals surface area (Å²) in [6.45, 7) is 3.81. The molecule has 0 amide bonds. The Morgan fingerprint density at radius 2 is 1.59 bits per heavy atom. The van der Waals surface area contributed by atoms with Crippen molar-refractivity contribution in [2.75, 3.05) is 7.11 Å². The fraction of sp³-hybridized carbons (Fsp3) is 0.350. The van der Waals surface area contributed by atoms with Crippen LogP contribution in [0.15, 0.2) is 24.3 Å². The molecule has 144 valence electrons. The number of aryl methyl sites for hydroxylation is 2. The Morgan fingerprint density at radius 1 is 1.00 bits per heavy atom. The number of hydrogen-bond acceptors (Lipinski definition) is 5. The number of carboxylic acid groups (broad SMARTS) is 2. The molecule has 0 atom stereocenters. The van der Waals surface area contributed by atoms with Crippen molar-refractivity contribution in [1.29, 1.82) is 0 Å². The van der Waals surface area contributed by atoms with E-state index in [4.69, 9.17) is 4.74 Å². The zero-order valence-corrected chi connectivity index (χ0v) is 15.5. The van der Waals surface area contributed by atoms with Gasteiger partial charge in [0.05, 0.1) is 24.1 Å². The number of ether oxygens (including phenoxy) is 1. The summed E-state index contributed by atoms with van der Waals surface area (Å²) in [6.07, 6.45) is 1.06. The normalized spacial score (nSPS) is 10.8. The monoisotopic (exact) mass is 373 g/mol. The SMILES string of the molecule is COc1ccc(CCc2nc(CC(C)C)c(O)c(C(=O)O)c2C(=O)O)cc1. The number of rotatable bonds is 8. The van der Waals surface area contributed by atoms with Crippen LogP contribution in [0.3, 0.4) is 0 Å². The first kappa shape index (κ1) is 20.2. The van der Waals surface area contributed by atoms with E-state index in [9.17, 15) is 24.9 Å². The van der Waals surface area contributed by atoms with Crippen molar-refractivity contribution < 1.29 is 29.6 Å². The second-order valence-corrected chi connectivity index (χ2v) is 6.66. The molecule has 0 saturated carbocycles. The van der Waals surface area contributed by atoms with E-state index in [0.717, 1.165) is 5.56 Å². The highest BCUT2D eigenvalue weighted by Gasteiger charge is 2.28. The molecule has 0 aliphatic heterocycles. The van der Waals surface area contributed by atoms with Crippen molar-refractivity contribution >= 4 is 11.9 Å². The molecular weight excluding hydrogens is 350 g/mol. The van der Waals surface area contributed by atoms with E-state index < -0.39 is 28.8 Å². The maximum Gasteiger partial charge on any atom is 0.340 e. The van der Waals surface area contributed by atoms with Gasteiger partial charge < -0.3 is 20.1 Å². The molecule has 3 N–H and O–H groups in total. The molecule has 2 rings (SSSR count). The highest BCUT2D eigenvalue weighted by molar-refractivity contribution is 6.04. The van der Waals surface area contributed by atoms with Gasteiger partial charge in [-0.3, -0.25) is 4.98 Å². The van der Waals surface area contributed by atoms with Crippen LogP contribution in [-0.4, -0.2) is 39.4 Å². The lowest BCUT2D eigenvalue weighted by molar-refractivity contribution is 0.0646. The summed E-state index contributed by atoms with van der Waals surface area (Å²) in [5, 5.41) is 29.3. The Kier molecular flexibility index (Phi) is 6.39. The molecule has 7 heteroatoms. The van der Waals surface area contributed by atoms with Crippen LogP contribution in [0.25, 0.3) is 0 Å².